The Kier molecular flexibility index (Phi) is 7.19. The van der Waals surface area contributed by atoms with Crippen molar-refractivity contribution >= 4 is 47.4 Å². The summed E-state index contributed by atoms with van der Waals surface area (Å²) in [5.74, 6) is -0.436. The first-order chi connectivity index (χ1) is 11.9. The third kappa shape index (κ3) is 4.45. The number of likely N-dealkylation sites (tertiary alicyclic amines) is 1. The summed E-state index contributed by atoms with van der Waals surface area (Å²) in [5, 5.41) is 6.68. The van der Waals surface area contributed by atoms with Crippen molar-refractivity contribution < 1.29 is 9.59 Å². The maximum atomic E-state index is 12.7. The number of amides is 2. The molecule has 1 spiro atoms. The molecular weight excluding hydrogens is 397 g/mol. The van der Waals surface area contributed by atoms with E-state index in [0.29, 0.717) is 10.4 Å². The Labute approximate surface area is 170 Å². The number of rotatable bonds is 3. The zero-order valence-corrected chi connectivity index (χ0v) is 17.0. The fourth-order valence-corrected chi connectivity index (χ4v) is 4.10. The first kappa shape index (κ1) is 21.3. The number of piperidine rings is 1. The molecule has 2 aliphatic heterocycles. The predicted octanol–water partition coefficient (Wildman–Crippen LogP) is 3.14. The summed E-state index contributed by atoms with van der Waals surface area (Å²) in [6.07, 6.45) is 3.23. The van der Waals surface area contributed by atoms with Gasteiger partial charge in [0.15, 0.2) is 0 Å². The molecule has 5 nitrogen and oxygen atoms in total. The quantitative estimate of drug-likeness (QED) is 0.790. The summed E-state index contributed by atoms with van der Waals surface area (Å²) in [7, 11) is 0. The van der Waals surface area contributed by atoms with Crippen LogP contribution in [0.3, 0.4) is 0 Å². The van der Waals surface area contributed by atoms with Gasteiger partial charge in [-0.05, 0) is 50.3 Å². The van der Waals surface area contributed by atoms with Gasteiger partial charge in [0.2, 0.25) is 5.91 Å². The number of benzene rings is 1. The fourth-order valence-electron chi connectivity index (χ4n) is 3.71. The summed E-state index contributed by atoms with van der Waals surface area (Å²) in [5.41, 5.74) is 0.640. The second kappa shape index (κ2) is 8.79. The number of carbonyl (C=O) groups excluding carboxylic acids is 2. The number of nitrogens with one attached hydrogen (secondary N) is 2. The van der Waals surface area contributed by atoms with Crippen LogP contribution in [0.25, 0.3) is 0 Å². The average molecular weight is 421 g/mol. The molecule has 2 amide bonds. The first-order valence-corrected chi connectivity index (χ1v) is 9.42. The van der Waals surface area contributed by atoms with E-state index in [2.05, 4.69) is 10.6 Å². The molecule has 26 heavy (non-hydrogen) atoms. The van der Waals surface area contributed by atoms with Gasteiger partial charge in [0.25, 0.3) is 5.91 Å². The van der Waals surface area contributed by atoms with Crippen LogP contribution in [-0.2, 0) is 4.79 Å². The maximum Gasteiger partial charge on any atom is 0.253 e. The highest BCUT2D eigenvalue weighted by atomic mass is 35.5. The SMILES string of the molecule is CC(NC(=O)c1cccc(Cl)c1Cl)C(=O)N1CCC2(CCNC2)CC1.Cl. The van der Waals surface area contributed by atoms with Crippen LogP contribution in [0.5, 0.6) is 0 Å². The minimum absolute atomic E-state index is 0. The number of nitrogens with zero attached hydrogens (tertiary/aromatic N) is 1. The van der Waals surface area contributed by atoms with Gasteiger partial charge in [0, 0.05) is 19.6 Å². The molecule has 0 aromatic heterocycles. The van der Waals surface area contributed by atoms with E-state index < -0.39 is 6.04 Å². The Bertz CT molecular complexity index is 668. The van der Waals surface area contributed by atoms with Gasteiger partial charge in [-0.2, -0.15) is 0 Å². The van der Waals surface area contributed by atoms with Gasteiger partial charge in [-0.3, -0.25) is 9.59 Å². The Balaban J connectivity index is 0.00000243. The highest BCUT2D eigenvalue weighted by Gasteiger charge is 2.38. The van der Waals surface area contributed by atoms with Gasteiger partial charge in [-0.1, -0.05) is 29.3 Å². The molecule has 0 saturated carbocycles. The van der Waals surface area contributed by atoms with Crippen molar-refractivity contribution in [2.45, 2.75) is 32.2 Å². The van der Waals surface area contributed by atoms with Crippen molar-refractivity contribution in [1.29, 1.82) is 0 Å². The highest BCUT2D eigenvalue weighted by Crippen LogP contribution is 2.37. The third-order valence-electron chi connectivity index (χ3n) is 5.38. The summed E-state index contributed by atoms with van der Waals surface area (Å²) >= 11 is 12.0. The normalized spacial score (nSPS) is 19.7. The molecule has 1 atom stereocenters. The molecular formula is C18H24Cl3N3O2. The summed E-state index contributed by atoms with van der Waals surface area (Å²) in [6, 6.07) is 4.28. The molecule has 2 N–H and O–H groups in total. The van der Waals surface area contributed by atoms with E-state index in [9.17, 15) is 9.59 Å². The van der Waals surface area contributed by atoms with Crippen LogP contribution in [0.2, 0.25) is 10.0 Å². The second-order valence-electron chi connectivity index (χ2n) is 7.05. The van der Waals surface area contributed by atoms with E-state index in [1.165, 1.54) is 6.42 Å². The molecule has 1 unspecified atom stereocenters. The topological polar surface area (TPSA) is 61.4 Å². The highest BCUT2D eigenvalue weighted by molar-refractivity contribution is 6.43. The van der Waals surface area contributed by atoms with Gasteiger partial charge in [-0.25, -0.2) is 0 Å². The van der Waals surface area contributed by atoms with Gasteiger partial charge >= 0.3 is 0 Å². The monoisotopic (exact) mass is 419 g/mol. The van der Waals surface area contributed by atoms with Crippen molar-refractivity contribution in [1.82, 2.24) is 15.5 Å². The predicted molar refractivity (Wildman–Crippen MR) is 106 cm³/mol. The smallest absolute Gasteiger partial charge is 0.253 e. The zero-order valence-electron chi connectivity index (χ0n) is 14.7. The van der Waals surface area contributed by atoms with Gasteiger partial charge in [0.05, 0.1) is 15.6 Å². The Morgan fingerprint density at radius 3 is 2.54 bits per heavy atom. The van der Waals surface area contributed by atoms with Crippen LogP contribution in [0, 0.1) is 5.41 Å². The van der Waals surface area contributed by atoms with Crippen LogP contribution in [0.4, 0.5) is 0 Å². The van der Waals surface area contributed by atoms with E-state index in [4.69, 9.17) is 23.2 Å². The Morgan fingerprint density at radius 1 is 1.23 bits per heavy atom. The van der Waals surface area contributed by atoms with Gasteiger partial charge in [-0.15, -0.1) is 12.4 Å². The fraction of sp³-hybridized carbons (Fsp3) is 0.556. The van der Waals surface area contributed by atoms with Crippen molar-refractivity contribution in [2.24, 2.45) is 5.41 Å². The number of hydrogen-bond donors (Lipinski definition) is 2. The van der Waals surface area contributed by atoms with Crippen molar-refractivity contribution in [3.63, 3.8) is 0 Å². The molecule has 0 aliphatic carbocycles. The molecule has 0 radical (unpaired) electrons. The maximum absolute atomic E-state index is 12.7. The van der Waals surface area contributed by atoms with Crippen LogP contribution in [-0.4, -0.2) is 48.9 Å². The molecule has 1 aromatic rings. The van der Waals surface area contributed by atoms with E-state index in [0.717, 1.165) is 39.0 Å². The summed E-state index contributed by atoms with van der Waals surface area (Å²) in [4.78, 5) is 26.9. The van der Waals surface area contributed by atoms with Crippen LogP contribution < -0.4 is 10.6 Å². The number of hydrogen-bond acceptors (Lipinski definition) is 3. The molecule has 2 fully saturated rings. The van der Waals surface area contributed by atoms with Crippen LogP contribution >= 0.6 is 35.6 Å². The van der Waals surface area contributed by atoms with Crippen molar-refractivity contribution in [3.05, 3.63) is 33.8 Å². The van der Waals surface area contributed by atoms with E-state index in [1.807, 2.05) is 4.90 Å². The molecule has 3 rings (SSSR count). The largest absolute Gasteiger partial charge is 0.341 e. The summed E-state index contributed by atoms with van der Waals surface area (Å²) in [6.45, 7) is 5.33. The minimum Gasteiger partial charge on any atom is -0.341 e. The van der Waals surface area contributed by atoms with Crippen LogP contribution in [0.15, 0.2) is 18.2 Å². The van der Waals surface area contributed by atoms with Crippen molar-refractivity contribution in [3.8, 4) is 0 Å². The zero-order chi connectivity index (χ0) is 18.0. The molecule has 0 bridgehead atoms. The second-order valence-corrected chi connectivity index (χ2v) is 7.83. The number of halogens is 3. The number of carbonyl (C=O) groups is 2. The minimum atomic E-state index is -0.599. The molecule has 144 valence electrons. The standard InChI is InChI=1S/C18H23Cl2N3O2.ClH/c1-12(22-16(24)13-3-2-4-14(19)15(13)20)17(25)23-9-6-18(7-10-23)5-8-21-11-18;/h2-4,12,21H,5-11H2,1H3,(H,22,24);1H. The molecule has 2 aliphatic rings. The van der Waals surface area contributed by atoms with Gasteiger partial charge < -0.3 is 15.5 Å². The summed E-state index contributed by atoms with van der Waals surface area (Å²) < 4.78 is 0. The molecule has 1 aromatic carbocycles. The lowest BCUT2D eigenvalue weighted by molar-refractivity contribution is -0.135. The molecule has 8 heteroatoms. The van der Waals surface area contributed by atoms with Crippen LogP contribution in [0.1, 0.15) is 36.5 Å². The Hall–Kier alpha value is -1.01. The Morgan fingerprint density at radius 2 is 1.92 bits per heavy atom. The average Bonchev–Trinajstić information content (AvgIpc) is 3.05. The van der Waals surface area contributed by atoms with Gasteiger partial charge in [0.1, 0.15) is 6.04 Å². The first-order valence-electron chi connectivity index (χ1n) is 8.66. The lowest BCUT2D eigenvalue weighted by Crippen LogP contribution is -2.51. The third-order valence-corrected chi connectivity index (χ3v) is 6.20. The molecule has 2 heterocycles. The molecule has 2 saturated heterocycles. The van der Waals surface area contributed by atoms with Crippen molar-refractivity contribution in [2.75, 3.05) is 26.2 Å². The van der Waals surface area contributed by atoms with E-state index in [-0.39, 0.29) is 34.8 Å². The van der Waals surface area contributed by atoms with E-state index in [1.54, 1.807) is 25.1 Å². The van der Waals surface area contributed by atoms with E-state index >= 15 is 0 Å². The lowest BCUT2D eigenvalue weighted by Gasteiger charge is -2.39. The lowest BCUT2D eigenvalue weighted by atomic mass is 9.78.